The van der Waals surface area contributed by atoms with Gasteiger partial charge in [-0.05, 0) is 42.8 Å². The summed E-state index contributed by atoms with van der Waals surface area (Å²) in [7, 11) is 2.16. The molecule has 1 aliphatic heterocycles. The molecule has 0 amide bonds. The first-order chi connectivity index (χ1) is 12.1. The van der Waals surface area contributed by atoms with Crippen LogP contribution in [0.3, 0.4) is 0 Å². The number of nitrogens with one attached hydrogen (secondary N) is 1. The Balaban J connectivity index is 1.74. The fraction of sp³-hybridized carbons (Fsp3) is 0.174. The van der Waals surface area contributed by atoms with Crippen molar-refractivity contribution in [2.45, 2.75) is 19.3 Å². The van der Waals surface area contributed by atoms with Crippen molar-refractivity contribution >= 4 is 27.9 Å². The van der Waals surface area contributed by atoms with Gasteiger partial charge in [0.1, 0.15) is 7.05 Å². The molecule has 0 unspecified atom stereocenters. The summed E-state index contributed by atoms with van der Waals surface area (Å²) in [5.74, 6) is 0. The maximum atomic E-state index is 3.37. The van der Waals surface area contributed by atoms with E-state index in [1.54, 1.807) is 0 Å². The average Bonchev–Trinajstić information content (AvgIpc) is 2.83. The van der Waals surface area contributed by atoms with Crippen LogP contribution in [0.4, 0.5) is 11.4 Å². The lowest BCUT2D eigenvalue weighted by Gasteiger charge is -2.17. The van der Waals surface area contributed by atoms with E-state index in [1.165, 1.54) is 27.7 Å². The van der Waals surface area contributed by atoms with E-state index in [0.29, 0.717) is 0 Å². The summed E-state index contributed by atoms with van der Waals surface area (Å²) in [5, 5.41) is 6.01. The molecule has 2 heteroatoms. The second-order valence-corrected chi connectivity index (χ2v) is 7.09. The summed E-state index contributed by atoms with van der Waals surface area (Å²) in [6.45, 7) is 4.62. The van der Waals surface area contributed by atoms with Gasteiger partial charge in [0, 0.05) is 29.6 Å². The highest BCUT2D eigenvalue weighted by Crippen LogP contribution is 2.43. The van der Waals surface area contributed by atoms with Crippen LogP contribution in [-0.2, 0) is 5.41 Å². The van der Waals surface area contributed by atoms with Crippen molar-refractivity contribution in [3.63, 3.8) is 0 Å². The highest BCUT2D eigenvalue weighted by Gasteiger charge is 2.44. The minimum atomic E-state index is -0.0419. The Kier molecular flexibility index (Phi) is 3.69. The zero-order chi connectivity index (χ0) is 17.4. The van der Waals surface area contributed by atoms with Crippen LogP contribution in [0.15, 0.2) is 79.0 Å². The van der Waals surface area contributed by atoms with E-state index in [4.69, 9.17) is 0 Å². The van der Waals surface area contributed by atoms with Gasteiger partial charge in [0.25, 0.3) is 0 Å². The number of benzene rings is 3. The number of rotatable bonds is 3. The van der Waals surface area contributed by atoms with Gasteiger partial charge in [-0.15, -0.1) is 0 Å². The van der Waals surface area contributed by atoms with Crippen LogP contribution >= 0.6 is 0 Å². The predicted octanol–water partition coefficient (Wildman–Crippen LogP) is 5.47. The van der Waals surface area contributed by atoms with E-state index >= 15 is 0 Å². The number of hydrogen-bond donors (Lipinski definition) is 1. The van der Waals surface area contributed by atoms with Crippen molar-refractivity contribution < 1.29 is 4.58 Å². The number of anilines is 1. The summed E-state index contributed by atoms with van der Waals surface area (Å²) in [5.41, 5.74) is 5.05. The molecule has 2 nitrogen and oxygen atoms in total. The van der Waals surface area contributed by atoms with Gasteiger partial charge in [0.2, 0.25) is 5.69 Å². The topological polar surface area (TPSA) is 15.0 Å². The molecule has 0 aromatic heterocycles. The predicted molar refractivity (Wildman–Crippen MR) is 107 cm³/mol. The zero-order valence-corrected chi connectivity index (χ0v) is 15.0. The van der Waals surface area contributed by atoms with Crippen LogP contribution in [0.1, 0.15) is 19.4 Å². The van der Waals surface area contributed by atoms with Crippen LogP contribution in [0, 0.1) is 0 Å². The summed E-state index contributed by atoms with van der Waals surface area (Å²) < 4.78 is 2.31. The molecule has 0 saturated heterocycles. The highest BCUT2D eigenvalue weighted by molar-refractivity contribution is 6.07. The normalized spacial score (nSPS) is 15.8. The van der Waals surface area contributed by atoms with E-state index in [0.717, 1.165) is 5.69 Å². The fourth-order valence-corrected chi connectivity index (χ4v) is 3.94. The molecule has 1 aliphatic rings. The molecule has 1 heterocycles. The largest absolute Gasteiger partial charge is 0.361 e. The number of fused-ring (bicyclic) bond motifs is 3. The third kappa shape index (κ3) is 2.54. The van der Waals surface area contributed by atoms with Crippen LogP contribution < -0.4 is 5.32 Å². The monoisotopic (exact) mass is 327 g/mol. The molecule has 0 aliphatic carbocycles. The molecule has 0 fully saturated rings. The van der Waals surface area contributed by atoms with E-state index in [-0.39, 0.29) is 5.41 Å². The van der Waals surface area contributed by atoms with Crippen LogP contribution in [0.25, 0.3) is 10.8 Å². The molecule has 0 bridgehead atoms. The molecule has 25 heavy (non-hydrogen) atoms. The Labute approximate surface area is 149 Å². The Hall–Kier alpha value is -2.87. The van der Waals surface area contributed by atoms with E-state index in [9.17, 15) is 0 Å². The summed E-state index contributed by atoms with van der Waals surface area (Å²) in [4.78, 5) is 0. The van der Waals surface area contributed by atoms with Crippen LogP contribution in [0.2, 0.25) is 0 Å². The molecule has 0 atom stereocenters. The Bertz CT molecular complexity index is 995. The minimum Gasteiger partial charge on any atom is -0.361 e. The lowest BCUT2D eigenvalue weighted by Crippen LogP contribution is -2.27. The lowest BCUT2D eigenvalue weighted by molar-refractivity contribution is -0.401. The quantitative estimate of drug-likeness (QED) is 0.630. The average molecular weight is 327 g/mol. The molecular formula is C23H23N2+. The standard InChI is InChI=1S/C23H22N2/c1-23(2)21(15-16-24-18-10-5-4-6-11-18)25(3)20-14-13-17-9-7-8-12-19(17)22(20)23/h4-16H,1-3H3/p+1. The van der Waals surface area contributed by atoms with E-state index in [1.807, 2.05) is 24.4 Å². The van der Waals surface area contributed by atoms with Gasteiger partial charge in [-0.3, -0.25) is 0 Å². The SMILES string of the molecule is C[N+]1=C(/C=C/Nc2ccccc2)C(C)(C)c2c1ccc1ccccc21. The first kappa shape index (κ1) is 15.6. The van der Waals surface area contributed by atoms with Crippen molar-refractivity contribution in [3.05, 3.63) is 84.6 Å². The summed E-state index contributed by atoms with van der Waals surface area (Å²) in [6, 6.07) is 23.4. The molecule has 4 rings (SSSR count). The minimum absolute atomic E-state index is 0.0419. The Morgan fingerprint density at radius 1 is 0.880 bits per heavy atom. The van der Waals surface area contributed by atoms with Gasteiger partial charge in [0.05, 0.1) is 5.41 Å². The number of hydrogen-bond acceptors (Lipinski definition) is 1. The van der Waals surface area contributed by atoms with Crippen LogP contribution in [-0.4, -0.2) is 17.3 Å². The van der Waals surface area contributed by atoms with Crippen molar-refractivity contribution in [1.29, 1.82) is 0 Å². The van der Waals surface area contributed by atoms with Gasteiger partial charge >= 0.3 is 0 Å². The first-order valence-corrected chi connectivity index (χ1v) is 8.70. The number of para-hydroxylation sites is 1. The lowest BCUT2D eigenvalue weighted by atomic mass is 9.79. The van der Waals surface area contributed by atoms with Crippen molar-refractivity contribution in [1.82, 2.24) is 0 Å². The molecule has 0 saturated carbocycles. The molecule has 1 N–H and O–H groups in total. The number of nitrogens with zero attached hydrogens (tertiary/aromatic N) is 1. The third-order valence-corrected chi connectivity index (χ3v) is 5.16. The maximum absolute atomic E-state index is 3.37. The third-order valence-electron chi connectivity index (χ3n) is 5.16. The molecule has 0 radical (unpaired) electrons. The molecule has 124 valence electrons. The second kappa shape index (κ2) is 5.89. The summed E-state index contributed by atoms with van der Waals surface area (Å²) >= 11 is 0. The first-order valence-electron chi connectivity index (χ1n) is 8.70. The highest BCUT2D eigenvalue weighted by atomic mass is 15.0. The van der Waals surface area contributed by atoms with E-state index < -0.39 is 0 Å². The Morgan fingerprint density at radius 2 is 1.60 bits per heavy atom. The van der Waals surface area contributed by atoms with Crippen molar-refractivity contribution in [2.24, 2.45) is 0 Å². The Morgan fingerprint density at radius 3 is 2.40 bits per heavy atom. The second-order valence-electron chi connectivity index (χ2n) is 7.09. The molecule has 3 aromatic rings. The maximum Gasteiger partial charge on any atom is 0.210 e. The molecular weight excluding hydrogens is 304 g/mol. The smallest absolute Gasteiger partial charge is 0.210 e. The van der Waals surface area contributed by atoms with Crippen molar-refractivity contribution in [2.75, 3.05) is 12.4 Å². The van der Waals surface area contributed by atoms with Gasteiger partial charge in [0.15, 0.2) is 5.71 Å². The molecule has 3 aromatic carbocycles. The van der Waals surface area contributed by atoms with Crippen LogP contribution in [0.5, 0.6) is 0 Å². The number of allylic oxidation sites excluding steroid dienone is 1. The van der Waals surface area contributed by atoms with Gasteiger partial charge in [-0.1, -0.05) is 42.5 Å². The summed E-state index contributed by atoms with van der Waals surface area (Å²) in [6.07, 6.45) is 4.23. The molecule has 0 spiro atoms. The van der Waals surface area contributed by atoms with Crippen molar-refractivity contribution in [3.8, 4) is 0 Å². The van der Waals surface area contributed by atoms with E-state index in [2.05, 4.69) is 85.4 Å². The zero-order valence-electron chi connectivity index (χ0n) is 15.0. The fourth-order valence-electron chi connectivity index (χ4n) is 3.94. The van der Waals surface area contributed by atoms with Gasteiger partial charge < -0.3 is 5.32 Å². The van der Waals surface area contributed by atoms with Gasteiger partial charge in [-0.25, -0.2) is 0 Å². The van der Waals surface area contributed by atoms with Gasteiger partial charge in [-0.2, -0.15) is 4.58 Å².